The number of carbonyl (C=O) groups is 1. The van der Waals surface area contributed by atoms with Crippen molar-refractivity contribution in [3.63, 3.8) is 0 Å². The number of nitrogens with zero attached hydrogens (tertiary/aromatic N) is 4. The minimum absolute atomic E-state index is 0.117. The van der Waals surface area contributed by atoms with Crippen LogP contribution in [0.1, 0.15) is 0 Å². The molecule has 10 nitrogen and oxygen atoms in total. The van der Waals surface area contributed by atoms with Gasteiger partial charge in [-0.3, -0.25) is 10.0 Å². The summed E-state index contributed by atoms with van der Waals surface area (Å²) in [6.07, 6.45) is 4.05. The van der Waals surface area contributed by atoms with Gasteiger partial charge < -0.3 is 5.32 Å². The number of anilines is 2. The van der Waals surface area contributed by atoms with Crippen molar-refractivity contribution < 1.29 is 17.6 Å². The molecule has 146 valence electrons. The van der Waals surface area contributed by atoms with Gasteiger partial charge in [-0.15, -0.1) is 5.10 Å². The lowest BCUT2D eigenvalue weighted by Crippen LogP contribution is -2.34. The zero-order valence-electron chi connectivity index (χ0n) is 14.4. The Balaban J connectivity index is 1.47. The molecule has 0 saturated heterocycles. The molecule has 3 aromatic heterocycles. The highest BCUT2D eigenvalue weighted by atomic mass is 32.2. The number of urea groups is 1. The number of nitrogens with one attached hydrogen (secondary N) is 3. The minimum Gasteiger partial charge on any atom is -0.337 e. The number of halogens is 1. The molecule has 0 atom stereocenters. The second-order valence-corrected chi connectivity index (χ2v) is 7.34. The highest BCUT2D eigenvalue weighted by molar-refractivity contribution is 7.92. The van der Waals surface area contributed by atoms with E-state index >= 15 is 0 Å². The van der Waals surface area contributed by atoms with Crippen molar-refractivity contribution in [2.75, 3.05) is 22.3 Å². The third-order valence-corrected chi connectivity index (χ3v) is 4.62. The van der Waals surface area contributed by atoms with Crippen molar-refractivity contribution in [2.24, 2.45) is 0 Å². The first-order valence-electron chi connectivity index (χ1n) is 8.05. The van der Waals surface area contributed by atoms with Gasteiger partial charge in [0.25, 0.3) is 0 Å². The van der Waals surface area contributed by atoms with E-state index in [1.54, 1.807) is 12.1 Å². The molecule has 0 radical (unpaired) electrons. The zero-order valence-corrected chi connectivity index (χ0v) is 15.2. The van der Waals surface area contributed by atoms with E-state index in [-0.39, 0.29) is 23.9 Å². The summed E-state index contributed by atoms with van der Waals surface area (Å²) in [5.41, 5.74) is 0. The van der Waals surface area contributed by atoms with Gasteiger partial charge in [-0.05, 0) is 24.3 Å². The maximum atomic E-state index is 12.9. The van der Waals surface area contributed by atoms with Crippen LogP contribution in [0.25, 0.3) is 5.82 Å². The Bertz CT molecular complexity index is 1040. The van der Waals surface area contributed by atoms with Crippen LogP contribution in [0.2, 0.25) is 0 Å². The largest absolute Gasteiger partial charge is 0.337 e. The van der Waals surface area contributed by atoms with Gasteiger partial charge in [-0.2, -0.15) is 0 Å². The van der Waals surface area contributed by atoms with Gasteiger partial charge in [0.1, 0.15) is 11.6 Å². The molecule has 3 aromatic rings. The molecule has 0 aliphatic carbocycles. The van der Waals surface area contributed by atoms with E-state index in [9.17, 15) is 17.6 Å². The summed E-state index contributed by atoms with van der Waals surface area (Å²) < 4.78 is 40.5. The maximum absolute atomic E-state index is 12.9. The molecule has 3 rings (SSSR count). The summed E-state index contributed by atoms with van der Waals surface area (Å²) in [4.78, 5) is 19.6. The van der Waals surface area contributed by atoms with E-state index in [2.05, 4.69) is 30.4 Å². The molecule has 3 N–H and O–H groups in total. The van der Waals surface area contributed by atoms with Crippen molar-refractivity contribution in [1.82, 2.24) is 25.1 Å². The van der Waals surface area contributed by atoms with Crippen LogP contribution in [0.5, 0.6) is 0 Å². The monoisotopic (exact) mass is 405 g/mol. The molecular weight excluding hydrogens is 389 g/mol. The Labute approximate surface area is 159 Å². The second-order valence-electron chi connectivity index (χ2n) is 5.50. The van der Waals surface area contributed by atoms with Gasteiger partial charge in [-0.25, -0.2) is 32.3 Å². The number of sulfonamides is 1. The number of hydrogen-bond acceptors (Lipinski definition) is 6. The van der Waals surface area contributed by atoms with Crippen molar-refractivity contribution in [1.29, 1.82) is 0 Å². The number of amides is 2. The Kier molecular flexibility index (Phi) is 5.79. The molecule has 12 heteroatoms. The number of aromatic nitrogens is 4. The normalized spacial score (nSPS) is 11.0. The summed E-state index contributed by atoms with van der Waals surface area (Å²) in [5.74, 6) is -0.00191. The highest BCUT2D eigenvalue weighted by Gasteiger charge is 2.12. The average molecular weight is 405 g/mol. The Hall–Kier alpha value is -3.54. The van der Waals surface area contributed by atoms with Crippen LogP contribution in [0.15, 0.2) is 55.0 Å². The number of pyridine rings is 2. The molecule has 28 heavy (non-hydrogen) atoms. The van der Waals surface area contributed by atoms with E-state index in [1.165, 1.54) is 41.3 Å². The van der Waals surface area contributed by atoms with Crippen LogP contribution in [0, 0.1) is 5.82 Å². The Morgan fingerprint density at radius 1 is 1.11 bits per heavy atom. The summed E-state index contributed by atoms with van der Waals surface area (Å²) in [5, 5.41) is 8.98. The predicted octanol–water partition coefficient (Wildman–Crippen LogP) is 1.36. The first-order chi connectivity index (χ1) is 13.4. The maximum Gasteiger partial charge on any atom is 0.320 e. The standard InChI is InChI=1S/C16H16FN7O3S/c17-12-4-5-15(20-11-12)24-9-6-14(22-24)21-16(25)19-8-10-28(26,27)23-13-3-1-2-7-18-13/h1-7,9,11H,8,10H2,(H,18,23)(H2,19,21,22,25). The van der Waals surface area contributed by atoms with E-state index in [0.717, 1.165) is 6.20 Å². The third-order valence-electron chi connectivity index (χ3n) is 3.36. The van der Waals surface area contributed by atoms with E-state index in [0.29, 0.717) is 5.82 Å². The molecule has 0 aliphatic rings. The molecule has 0 unspecified atom stereocenters. The van der Waals surface area contributed by atoms with Crippen molar-refractivity contribution in [3.8, 4) is 5.82 Å². The minimum atomic E-state index is -3.65. The molecule has 3 heterocycles. The Morgan fingerprint density at radius 2 is 1.96 bits per heavy atom. The van der Waals surface area contributed by atoms with Crippen molar-refractivity contribution in [2.45, 2.75) is 0 Å². The molecule has 0 bridgehead atoms. The van der Waals surface area contributed by atoms with Gasteiger partial charge in [0.15, 0.2) is 11.6 Å². The van der Waals surface area contributed by atoms with E-state index < -0.39 is 21.9 Å². The molecule has 0 spiro atoms. The third kappa shape index (κ3) is 5.48. The van der Waals surface area contributed by atoms with Crippen LogP contribution < -0.4 is 15.4 Å². The van der Waals surface area contributed by atoms with Gasteiger partial charge >= 0.3 is 6.03 Å². The zero-order chi connectivity index (χ0) is 20.0. The predicted molar refractivity (Wildman–Crippen MR) is 100.0 cm³/mol. The average Bonchev–Trinajstić information content (AvgIpc) is 3.11. The fourth-order valence-electron chi connectivity index (χ4n) is 2.11. The van der Waals surface area contributed by atoms with Crippen molar-refractivity contribution >= 4 is 27.7 Å². The molecule has 0 saturated carbocycles. The van der Waals surface area contributed by atoms with Gasteiger partial charge in [0, 0.05) is 25.0 Å². The lowest BCUT2D eigenvalue weighted by molar-refractivity contribution is 0.252. The van der Waals surface area contributed by atoms with Crippen LogP contribution in [0.3, 0.4) is 0 Å². The van der Waals surface area contributed by atoms with Crippen LogP contribution in [-0.4, -0.2) is 46.5 Å². The summed E-state index contributed by atoms with van der Waals surface area (Å²) >= 11 is 0. The van der Waals surface area contributed by atoms with Crippen molar-refractivity contribution in [3.05, 3.63) is 60.8 Å². The lowest BCUT2D eigenvalue weighted by Gasteiger charge is -2.08. The molecule has 0 aromatic carbocycles. The van der Waals surface area contributed by atoms with Gasteiger partial charge in [0.2, 0.25) is 10.0 Å². The highest BCUT2D eigenvalue weighted by Crippen LogP contribution is 2.08. The van der Waals surface area contributed by atoms with Crippen LogP contribution >= 0.6 is 0 Å². The van der Waals surface area contributed by atoms with Gasteiger partial charge in [-0.1, -0.05) is 6.07 Å². The first-order valence-corrected chi connectivity index (χ1v) is 9.70. The SMILES string of the molecule is O=C(NCCS(=O)(=O)Nc1ccccn1)Nc1ccn(-c2ccc(F)cn2)n1. The van der Waals surface area contributed by atoms with E-state index in [4.69, 9.17) is 0 Å². The van der Waals surface area contributed by atoms with E-state index in [1.807, 2.05) is 0 Å². The fraction of sp³-hybridized carbons (Fsp3) is 0.125. The quantitative estimate of drug-likeness (QED) is 0.544. The lowest BCUT2D eigenvalue weighted by atomic mass is 10.4. The molecule has 0 aliphatic heterocycles. The van der Waals surface area contributed by atoms with Crippen LogP contribution in [-0.2, 0) is 10.0 Å². The number of hydrogen-bond donors (Lipinski definition) is 3. The Morgan fingerprint density at radius 3 is 2.68 bits per heavy atom. The number of rotatable bonds is 7. The summed E-state index contributed by atoms with van der Waals surface area (Å²) in [7, 11) is -3.65. The summed E-state index contributed by atoms with van der Waals surface area (Å²) in [6.45, 7) is -0.117. The molecule has 0 fully saturated rings. The molecule has 2 amide bonds. The topological polar surface area (TPSA) is 131 Å². The smallest absolute Gasteiger partial charge is 0.320 e. The fourth-order valence-corrected chi connectivity index (χ4v) is 3.03. The second kappa shape index (κ2) is 8.43. The number of carbonyl (C=O) groups excluding carboxylic acids is 1. The summed E-state index contributed by atoms with van der Waals surface area (Å²) in [6, 6.07) is 8.40. The van der Waals surface area contributed by atoms with Gasteiger partial charge in [0.05, 0.1) is 11.9 Å². The first kappa shape index (κ1) is 19.2. The van der Waals surface area contributed by atoms with Crippen LogP contribution in [0.4, 0.5) is 20.8 Å². The molecular formula is C16H16FN7O3S.